The molecular formula is C24H23NO5. The zero-order chi connectivity index (χ0) is 20.8. The average Bonchev–Trinajstić information content (AvgIpc) is 3.24. The first-order valence-corrected chi connectivity index (χ1v) is 9.90. The van der Waals surface area contributed by atoms with E-state index >= 15 is 0 Å². The number of rotatable bonds is 4. The maximum atomic E-state index is 13.2. The third-order valence-electron chi connectivity index (χ3n) is 6.05. The largest absolute Gasteiger partial charge is 0.496 e. The summed E-state index contributed by atoms with van der Waals surface area (Å²) < 4.78 is 24.2. The molecule has 1 aromatic heterocycles. The number of aryl methyl sites for hydroxylation is 1. The SMILES string of the molecule is COCC1C=Cc2c(c3ccccc3n(C)c2=O)C1c1cc2c(cc1OC)OCO2. The molecule has 1 aliphatic heterocycles. The van der Waals surface area contributed by atoms with Crippen molar-refractivity contribution in [1.29, 1.82) is 0 Å². The number of ether oxygens (including phenoxy) is 4. The Balaban J connectivity index is 1.84. The number of hydrogen-bond acceptors (Lipinski definition) is 5. The van der Waals surface area contributed by atoms with E-state index in [2.05, 4.69) is 12.1 Å². The number of hydrogen-bond donors (Lipinski definition) is 0. The van der Waals surface area contributed by atoms with Gasteiger partial charge in [-0.25, -0.2) is 0 Å². The van der Waals surface area contributed by atoms with Crippen LogP contribution in [0, 0.1) is 5.92 Å². The van der Waals surface area contributed by atoms with Crippen LogP contribution in [0.2, 0.25) is 0 Å². The molecule has 0 saturated carbocycles. The number of methoxy groups -OCH3 is 2. The smallest absolute Gasteiger partial charge is 0.258 e. The van der Waals surface area contributed by atoms with Gasteiger partial charge < -0.3 is 23.5 Å². The summed E-state index contributed by atoms with van der Waals surface area (Å²) in [5, 5.41) is 1.05. The van der Waals surface area contributed by atoms with Crippen molar-refractivity contribution in [2.75, 3.05) is 27.6 Å². The molecule has 0 bridgehead atoms. The van der Waals surface area contributed by atoms with E-state index in [9.17, 15) is 4.79 Å². The topological polar surface area (TPSA) is 58.9 Å². The Morgan fingerprint density at radius 3 is 2.67 bits per heavy atom. The quantitative estimate of drug-likeness (QED) is 0.663. The van der Waals surface area contributed by atoms with Crippen molar-refractivity contribution in [1.82, 2.24) is 4.57 Å². The summed E-state index contributed by atoms with van der Waals surface area (Å²) >= 11 is 0. The second-order valence-electron chi connectivity index (χ2n) is 7.61. The van der Waals surface area contributed by atoms with Gasteiger partial charge in [0.25, 0.3) is 5.56 Å². The normalized spacial score (nSPS) is 19.2. The summed E-state index contributed by atoms with van der Waals surface area (Å²) in [5.74, 6) is 1.96. The summed E-state index contributed by atoms with van der Waals surface area (Å²) in [4.78, 5) is 13.2. The van der Waals surface area contributed by atoms with Crippen molar-refractivity contribution >= 4 is 17.0 Å². The molecule has 2 atom stereocenters. The fraction of sp³-hybridized carbons (Fsp3) is 0.292. The molecule has 0 radical (unpaired) electrons. The van der Waals surface area contributed by atoms with Crippen LogP contribution in [-0.2, 0) is 11.8 Å². The van der Waals surface area contributed by atoms with Gasteiger partial charge in [0.05, 0.1) is 19.2 Å². The third kappa shape index (κ3) is 2.71. The number of fused-ring (bicyclic) bond motifs is 4. The Morgan fingerprint density at radius 2 is 1.90 bits per heavy atom. The van der Waals surface area contributed by atoms with Crippen molar-refractivity contribution in [2.45, 2.75) is 5.92 Å². The highest BCUT2D eigenvalue weighted by Gasteiger charge is 2.35. The molecule has 2 aromatic carbocycles. The Kier molecular flexibility index (Phi) is 4.51. The number of pyridine rings is 1. The van der Waals surface area contributed by atoms with E-state index in [1.807, 2.05) is 43.5 Å². The maximum Gasteiger partial charge on any atom is 0.258 e. The zero-order valence-electron chi connectivity index (χ0n) is 17.2. The minimum Gasteiger partial charge on any atom is -0.496 e. The van der Waals surface area contributed by atoms with Gasteiger partial charge in [0.15, 0.2) is 11.5 Å². The first kappa shape index (κ1) is 18.8. The van der Waals surface area contributed by atoms with Crippen LogP contribution in [0.3, 0.4) is 0 Å². The molecule has 0 fully saturated rings. The van der Waals surface area contributed by atoms with Crippen molar-refractivity contribution < 1.29 is 18.9 Å². The Labute approximate surface area is 174 Å². The van der Waals surface area contributed by atoms with Gasteiger partial charge >= 0.3 is 0 Å². The van der Waals surface area contributed by atoms with Crippen LogP contribution in [0.4, 0.5) is 0 Å². The van der Waals surface area contributed by atoms with E-state index in [1.54, 1.807) is 18.8 Å². The van der Waals surface area contributed by atoms with E-state index in [-0.39, 0.29) is 24.2 Å². The van der Waals surface area contributed by atoms with Gasteiger partial charge in [-0.3, -0.25) is 4.79 Å². The first-order chi connectivity index (χ1) is 14.6. The Hall–Kier alpha value is -3.25. The Bertz CT molecular complexity index is 1230. The van der Waals surface area contributed by atoms with Gasteiger partial charge in [0.2, 0.25) is 6.79 Å². The number of nitrogens with zero attached hydrogens (tertiary/aromatic N) is 1. The molecule has 6 nitrogen and oxygen atoms in total. The number of benzene rings is 2. The molecule has 2 heterocycles. The van der Waals surface area contributed by atoms with Crippen molar-refractivity contribution in [2.24, 2.45) is 13.0 Å². The molecule has 0 amide bonds. The highest BCUT2D eigenvalue weighted by atomic mass is 16.7. The van der Waals surface area contributed by atoms with E-state index in [4.69, 9.17) is 18.9 Å². The lowest BCUT2D eigenvalue weighted by Gasteiger charge is -2.32. The van der Waals surface area contributed by atoms with Crippen molar-refractivity contribution in [3.63, 3.8) is 0 Å². The van der Waals surface area contributed by atoms with Crippen molar-refractivity contribution in [3.05, 3.63) is 69.5 Å². The average molecular weight is 405 g/mol. The molecule has 0 N–H and O–H groups in total. The van der Waals surface area contributed by atoms with Crippen LogP contribution in [0.5, 0.6) is 17.2 Å². The lowest BCUT2D eigenvalue weighted by atomic mass is 9.74. The van der Waals surface area contributed by atoms with Gasteiger partial charge in [-0.1, -0.05) is 30.4 Å². The summed E-state index contributed by atoms with van der Waals surface area (Å²) in [7, 11) is 5.16. The van der Waals surface area contributed by atoms with Crippen LogP contribution in [0.25, 0.3) is 17.0 Å². The number of aromatic nitrogens is 1. The maximum absolute atomic E-state index is 13.2. The Morgan fingerprint density at radius 1 is 1.13 bits per heavy atom. The zero-order valence-corrected chi connectivity index (χ0v) is 17.2. The predicted molar refractivity (Wildman–Crippen MR) is 115 cm³/mol. The van der Waals surface area contributed by atoms with Crippen LogP contribution in [0.1, 0.15) is 22.6 Å². The first-order valence-electron chi connectivity index (χ1n) is 9.90. The van der Waals surface area contributed by atoms with Crippen molar-refractivity contribution in [3.8, 4) is 17.2 Å². The van der Waals surface area contributed by atoms with Crippen LogP contribution in [-0.4, -0.2) is 32.2 Å². The predicted octanol–water partition coefficient (Wildman–Crippen LogP) is 3.70. The summed E-state index contributed by atoms with van der Waals surface area (Å²) in [6.45, 7) is 0.704. The molecule has 5 rings (SSSR count). The third-order valence-corrected chi connectivity index (χ3v) is 6.05. The minimum atomic E-state index is -0.131. The standard InChI is InChI=1S/C24H23NO5/c1-25-18-7-5-4-6-15(18)23-16(24(25)26)9-8-14(12-27-2)22(23)17-10-20-21(30-13-29-20)11-19(17)28-3/h4-11,14,22H,12-13H2,1-3H3. The van der Waals surface area contributed by atoms with Gasteiger partial charge in [-0.2, -0.15) is 0 Å². The van der Waals surface area contributed by atoms with E-state index in [0.29, 0.717) is 29.4 Å². The summed E-state index contributed by atoms with van der Waals surface area (Å²) in [6.07, 6.45) is 4.00. The van der Waals surface area contributed by atoms with Crippen LogP contribution in [0.15, 0.2) is 47.3 Å². The van der Waals surface area contributed by atoms with E-state index in [1.165, 1.54) is 0 Å². The lowest BCUT2D eigenvalue weighted by molar-refractivity contribution is 0.162. The molecule has 2 aliphatic rings. The summed E-state index contributed by atoms with van der Waals surface area (Å²) in [6, 6.07) is 11.9. The van der Waals surface area contributed by atoms with E-state index in [0.717, 1.165) is 22.0 Å². The monoisotopic (exact) mass is 405 g/mol. The highest BCUT2D eigenvalue weighted by Crippen LogP contribution is 2.48. The molecule has 0 saturated heterocycles. The molecule has 0 spiro atoms. The van der Waals surface area contributed by atoms with Gasteiger partial charge in [0.1, 0.15) is 5.75 Å². The fourth-order valence-electron chi connectivity index (χ4n) is 4.67. The van der Waals surface area contributed by atoms with E-state index < -0.39 is 0 Å². The number of para-hydroxylation sites is 1. The molecule has 154 valence electrons. The van der Waals surface area contributed by atoms with Crippen LogP contribution < -0.4 is 19.8 Å². The molecule has 2 unspecified atom stereocenters. The highest BCUT2D eigenvalue weighted by molar-refractivity contribution is 5.88. The van der Waals surface area contributed by atoms with Gasteiger partial charge in [0, 0.05) is 48.6 Å². The summed E-state index contributed by atoms with van der Waals surface area (Å²) in [5.41, 5.74) is 3.54. The second-order valence-corrected chi connectivity index (χ2v) is 7.61. The van der Waals surface area contributed by atoms with Gasteiger partial charge in [-0.15, -0.1) is 0 Å². The molecule has 30 heavy (non-hydrogen) atoms. The van der Waals surface area contributed by atoms with Crippen LogP contribution >= 0.6 is 0 Å². The molecular weight excluding hydrogens is 382 g/mol. The lowest BCUT2D eigenvalue weighted by Crippen LogP contribution is -2.29. The minimum absolute atomic E-state index is 0.0134. The second kappa shape index (κ2) is 7.22. The fourth-order valence-corrected chi connectivity index (χ4v) is 4.67. The molecule has 1 aliphatic carbocycles. The molecule has 6 heteroatoms. The molecule has 3 aromatic rings. The van der Waals surface area contributed by atoms with Gasteiger partial charge in [-0.05, 0) is 17.7 Å².